The Hall–Kier alpha value is -0.700. The third-order valence-electron chi connectivity index (χ3n) is 2.95. The molecule has 1 saturated heterocycles. The monoisotopic (exact) mass is 279 g/mol. The lowest BCUT2D eigenvalue weighted by molar-refractivity contribution is -0.124. The second kappa shape index (κ2) is 6.46. The number of rotatable bonds is 5. The van der Waals surface area contributed by atoms with Crippen LogP contribution in [0.2, 0.25) is 0 Å². The number of ether oxygens (including phenoxy) is 1. The fourth-order valence-electron chi connectivity index (χ4n) is 1.90. The number of hydrogen-bond donors (Lipinski definition) is 2. The average Bonchev–Trinajstić information content (AvgIpc) is 2.28. The quantitative estimate of drug-likeness (QED) is 0.638. The SMILES string of the molecule is COCC(N)C(=O)NC1CCN(S(C)(=O)=O)CC1. The van der Waals surface area contributed by atoms with Crippen molar-refractivity contribution >= 4 is 15.9 Å². The van der Waals surface area contributed by atoms with E-state index in [2.05, 4.69) is 5.32 Å². The van der Waals surface area contributed by atoms with E-state index in [0.29, 0.717) is 25.9 Å². The molecular formula is C10H21N3O4S. The lowest BCUT2D eigenvalue weighted by Crippen LogP contribution is -2.51. The summed E-state index contributed by atoms with van der Waals surface area (Å²) in [5, 5.41) is 2.81. The van der Waals surface area contributed by atoms with Crippen LogP contribution in [0.25, 0.3) is 0 Å². The van der Waals surface area contributed by atoms with Crippen molar-refractivity contribution in [1.29, 1.82) is 0 Å². The minimum absolute atomic E-state index is 0.0154. The fraction of sp³-hybridized carbons (Fsp3) is 0.900. The third-order valence-corrected chi connectivity index (χ3v) is 4.26. The third kappa shape index (κ3) is 4.52. The van der Waals surface area contributed by atoms with E-state index in [4.69, 9.17) is 10.5 Å². The number of amides is 1. The van der Waals surface area contributed by atoms with Crippen molar-refractivity contribution in [2.45, 2.75) is 24.9 Å². The van der Waals surface area contributed by atoms with Crippen LogP contribution in [0.15, 0.2) is 0 Å². The molecule has 0 aromatic rings. The molecule has 1 fully saturated rings. The standard InChI is InChI=1S/C10H21N3O4S/c1-17-7-9(11)10(14)12-8-3-5-13(6-4-8)18(2,15)16/h8-9H,3-7,11H2,1-2H3,(H,12,14). The fourth-order valence-corrected chi connectivity index (χ4v) is 2.77. The van der Waals surface area contributed by atoms with Crippen LogP contribution in [0.4, 0.5) is 0 Å². The summed E-state index contributed by atoms with van der Waals surface area (Å²) in [5.41, 5.74) is 5.60. The lowest BCUT2D eigenvalue weighted by Gasteiger charge is -2.31. The zero-order valence-corrected chi connectivity index (χ0v) is 11.6. The molecule has 0 aromatic carbocycles. The second-order valence-corrected chi connectivity index (χ2v) is 6.49. The highest BCUT2D eigenvalue weighted by atomic mass is 32.2. The van der Waals surface area contributed by atoms with Crippen molar-refractivity contribution in [2.24, 2.45) is 5.73 Å². The van der Waals surface area contributed by atoms with Crippen LogP contribution in [0.5, 0.6) is 0 Å². The van der Waals surface area contributed by atoms with E-state index in [-0.39, 0.29) is 18.6 Å². The van der Waals surface area contributed by atoms with Gasteiger partial charge in [-0.15, -0.1) is 0 Å². The van der Waals surface area contributed by atoms with Gasteiger partial charge in [-0.2, -0.15) is 0 Å². The molecule has 1 heterocycles. The molecule has 1 aliphatic heterocycles. The average molecular weight is 279 g/mol. The number of nitrogens with zero attached hydrogens (tertiary/aromatic N) is 1. The van der Waals surface area contributed by atoms with Gasteiger partial charge in [0, 0.05) is 26.2 Å². The minimum Gasteiger partial charge on any atom is -0.383 e. The number of sulfonamides is 1. The highest BCUT2D eigenvalue weighted by Gasteiger charge is 2.26. The van der Waals surface area contributed by atoms with Crippen molar-refractivity contribution in [2.75, 3.05) is 33.1 Å². The lowest BCUT2D eigenvalue weighted by atomic mass is 10.1. The molecule has 0 aliphatic carbocycles. The van der Waals surface area contributed by atoms with Crippen molar-refractivity contribution in [3.8, 4) is 0 Å². The van der Waals surface area contributed by atoms with E-state index in [1.165, 1.54) is 17.7 Å². The first kappa shape index (κ1) is 15.4. The maximum Gasteiger partial charge on any atom is 0.239 e. The van der Waals surface area contributed by atoms with Crippen molar-refractivity contribution in [3.05, 3.63) is 0 Å². The molecule has 106 valence electrons. The van der Waals surface area contributed by atoms with E-state index in [1.54, 1.807) is 0 Å². The molecule has 3 N–H and O–H groups in total. The number of carbonyl (C=O) groups excluding carboxylic acids is 1. The highest BCUT2D eigenvalue weighted by molar-refractivity contribution is 7.88. The van der Waals surface area contributed by atoms with Crippen LogP contribution in [0.3, 0.4) is 0 Å². The van der Waals surface area contributed by atoms with Crippen LogP contribution in [-0.4, -0.2) is 63.8 Å². The highest BCUT2D eigenvalue weighted by Crippen LogP contribution is 2.13. The van der Waals surface area contributed by atoms with Crippen molar-refractivity contribution in [1.82, 2.24) is 9.62 Å². The maximum absolute atomic E-state index is 11.6. The van der Waals surface area contributed by atoms with E-state index in [0.717, 1.165) is 0 Å². The second-order valence-electron chi connectivity index (χ2n) is 4.51. The number of nitrogens with two attached hydrogens (primary N) is 1. The predicted octanol–water partition coefficient (Wildman–Crippen LogP) is -1.50. The molecule has 0 aromatic heterocycles. The Morgan fingerprint density at radius 2 is 2.06 bits per heavy atom. The van der Waals surface area contributed by atoms with Gasteiger partial charge in [0.25, 0.3) is 0 Å². The molecule has 0 saturated carbocycles. The molecule has 1 rings (SSSR count). The summed E-state index contributed by atoms with van der Waals surface area (Å²) in [6.07, 6.45) is 2.41. The van der Waals surface area contributed by atoms with Gasteiger partial charge in [-0.25, -0.2) is 12.7 Å². The predicted molar refractivity (Wildman–Crippen MR) is 67.4 cm³/mol. The van der Waals surface area contributed by atoms with E-state index >= 15 is 0 Å². The van der Waals surface area contributed by atoms with E-state index < -0.39 is 16.1 Å². The normalized spacial score (nSPS) is 20.6. The van der Waals surface area contributed by atoms with E-state index in [9.17, 15) is 13.2 Å². The molecule has 18 heavy (non-hydrogen) atoms. The Balaban J connectivity index is 2.38. The summed E-state index contributed by atoms with van der Waals surface area (Å²) in [4.78, 5) is 11.6. The summed E-state index contributed by atoms with van der Waals surface area (Å²) in [7, 11) is -1.64. The van der Waals surface area contributed by atoms with Gasteiger partial charge >= 0.3 is 0 Å². The van der Waals surface area contributed by atoms with Gasteiger partial charge < -0.3 is 15.8 Å². The van der Waals surface area contributed by atoms with Crippen LogP contribution in [-0.2, 0) is 19.6 Å². The molecule has 1 atom stereocenters. The summed E-state index contributed by atoms with van der Waals surface area (Å²) in [6.45, 7) is 1.04. The van der Waals surface area contributed by atoms with Crippen molar-refractivity contribution in [3.63, 3.8) is 0 Å². The first-order valence-electron chi connectivity index (χ1n) is 5.84. The van der Waals surface area contributed by atoms with Crippen LogP contribution in [0.1, 0.15) is 12.8 Å². The van der Waals surface area contributed by atoms with Gasteiger partial charge in [-0.1, -0.05) is 0 Å². The zero-order chi connectivity index (χ0) is 13.8. The number of hydrogen-bond acceptors (Lipinski definition) is 5. The van der Waals surface area contributed by atoms with Gasteiger partial charge in [0.2, 0.25) is 15.9 Å². The van der Waals surface area contributed by atoms with Gasteiger partial charge in [0.1, 0.15) is 6.04 Å². The summed E-state index contributed by atoms with van der Waals surface area (Å²) in [6, 6.07) is -0.693. The van der Waals surface area contributed by atoms with Gasteiger partial charge in [-0.05, 0) is 12.8 Å². The van der Waals surface area contributed by atoms with Crippen LogP contribution >= 0.6 is 0 Å². The smallest absolute Gasteiger partial charge is 0.239 e. The maximum atomic E-state index is 11.6. The molecular weight excluding hydrogens is 258 g/mol. The zero-order valence-electron chi connectivity index (χ0n) is 10.8. The molecule has 1 unspecified atom stereocenters. The Bertz CT molecular complexity index is 377. The van der Waals surface area contributed by atoms with Crippen LogP contribution in [0, 0.1) is 0 Å². The molecule has 0 spiro atoms. The summed E-state index contributed by atoms with van der Waals surface area (Å²) >= 11 is 0. The molecule has 0 radical (unpaired) electrons. The van der Waals surface area contributed by atoms with Gasteiger partial charge in [0.05, 0.1) is 12.9 Å². The van der Waals surface area contributed by atoms with Gasteiger partial charge in [-0.3, -0.25) is 4.79 Å². The Kier molecular flexibility index (Phi) is 5.51. The first-order valence-corrected chi connectivity index (χ1v) is 7.69. The summed E-state index contributed by atoms with van der Waals surface area (Å²) < 4.78 is 28.8. The Labute approximate surface area is 108 Å². The number of methoxy groups -OCH3 is 1. The number of nitrogens with one attached hydrogen (secondary N) is 1. The topological polar surface area (TPSA) is 102 Å². The number of carbonyl (C=O) groups is 1. The van der Waals surface area contributed by atoms with Crippen molar-refractivity contribution < 1.29 is 17.9 Å². The minimum atomic E-state index is -3.13. The summed E-state index contributed by atoms with van der Waals surface area (Å²) in [5.74, 6) is -0.255. The molecule has 1 amide bonds. The van der Waals surface area contributed by atoms with E-state index in [1.807, 2.05) is 0 Å². The number of piperidine rings is 1. The Morgan fingerprint density at radius 3 is 2.50 bits per heavy atom. The molecule has 0 bridgehead atoms. The van der Waals surface area contributed by atoms with Crippen LogP contribution < -0.4 is 11.1 Å². The molecule has 1 aliphatic rings. The Morgan fingerprint density at radius 1 is 1.50 bits per heavy atom. The molecule has 7 nitrogen and oxygen atoms in total. The first-order chi connectivity index (χ1) is 8.34. The molecule has 8 heteroatoms. The largest absolute Gasteiger partial charge is 0.383 e. The van der Waals surface area contributed by atoms with Gasteiger partial charge in [0.15, 0.2) is 0 Å².